The molecule has 0 aromatic heterocycles. The van der Waals surface area contributed by atoms with Gasteiger partial charge in [0.05, 0.1) is 33.1 Å². The highest BCUT2D eigenvalue weighted by atomic mass is 35.5. The van der Waals surface area contributed by atoms with E-state index in [0.29, 0.717) is 29.7 Å². The molecule has 178 valence electrons. The van der Waals surface area contributed by atoms with Gasteiger partial charge < -0.3 is 24.3 Å². The van der Waals surface area contributed by atoms with E-state index in [4.69, 9.17) is 42.1 Å². The van der Waals surface area contributed by atoms with Crippen molar-refractivity contribution in [2.75, 3.05) is 32.8 Å². The third kappa shape index (κ3) is 6.49. The van der Waals surface area contributed by atoms with Gasteiger partial charge in [-0.05, 0) is 39.0 Å². The fraction of sp³-hybridized carbons (Fsp3) is 0.364. The van der Waals surface area contributed by atoms with Gasteiger partial charge in [-0.1, -0.05) is 23.2 Å². The Morgan fingerprint density at radius 3 is 2.27 bits per heavy atom. The summed E-state index contributed by atoms with van der Waals surface area (Å²) in [6, 6.07) is 4.73. The maximum Gasteiger partial charge on any atom is 0.258 e. The Hall–Kier alpha value is -3.04. The number of halogens is 2. The largest absolute Gasteiger partial charge is 0.493 e. The zero-order valence-corrected chi connectivity index (χ0v) is 20.4. The smallest absolute Gasteiger partial charge is 0.258 e. The molecule has 0 aliphatic heterocycles. The average molecular weight is 498 g/mol. The van der Waals surface area contributed by atoms with E-state index in [1.165, 1.54) is 27.2 Å². The molecule has 0 aliphatic carbocycles. The third-order valence-corrected chi connectivity index (χ3v) is 4.82. The van der Waals surface area contributed by atoms with Crippen molar-refractivity contribution < 1.29 is 28.5 Å². The van der Waals surface area contributed by atoms with Crippen LogP contribution in [0.4, 0.5) is 11.4 Å². The monoisotopic (exact) mass is 497 g/mol. The van der Waals surface area contributed by atoms with E-state index in [-0.39, 0.29) is 27.9 Å². The van der Waals surface area contributed by atoms with Gasteiger partial charge in [-0.15, -0.1) is 0 Å². The molecule has 2 aromatic rings. The maximum atomic E-state index is 12.9. The van der Waals surface area contributed by atoms with E-state index >= 15 is 0 Å². The number of carbonyl (C=O) groups excluding carboxylic acids is 2. The lowest BCUT2D eigenvalue weighted by molar-refractivity contribution is -0.126. The highest BCUT2D eigenvalue weighted by Gasteiger charge is 2.26. The molecule has 0 bridgehead atoms. The summed E-state index contributed by atoms with van der Waals surface area (Å²) >= 11 is 12.4. The Kier molecular flexibility index (Phi) is 9.74. The fourth-order valence-electron chi connectivity index (χ4n) is 2.81. The minimum absolute atomic E-state index is 0.194. The fourth-order valence-corrected chi connectivity index (χ4v) is 3.29. The summed E-state index contributed by atoms with van der Waals surface area (Å²) in [5.41, 5.74) is 0.457. The van der Waals surface area contributed by atoms with Gasteiger partial charge in [0.1, 0.15) is 16.5 Å². The molecule has 0 spiro atoms. The van der Waals surface area contributed by atoms with E-state index in [0.717, 1.165) is 0 Å². The lowest BCUT2D eigenvalue weighted by Crippen LogP contribution is -2.32. The van der Waals surface area contributed by atoms with Gasteiger partial charge in [0.15, 0.2) is 23.0 Å². The number of ketones is 1. The number of nitrogens with zero attached hydrogens (tertiary/aromatic N) is 2. The van der Waals surface area contributed by atoms with Gasteiger partial charge in [0.2, 0.25) is 6.04 Å². The van der Waals surface area contributed by atoms with Crippen LogP contribution in [-0.4, -0.2) is 45.2 Å². The van der Waals surface area contributed by atoms with Gasteiger partial charge in [0.25, 0.3) is 5.91 Å². The zero-order valence-electron chi connectivity index (χ0n) is 18.9. The Bertz CT molecular complexity index is 1050. The second-order valence-electron chi connectivity index (χ2n) is 6.50. The van der Waals surface area contributed by atoms with E-state index in [1.807, 2.05) is 6.92 Å². The van der Waals surface area contributed by atoms with Crippen LogP contribution in [0.2, 0.25) is 10.0 Å². The minimum Gasteiger partial charge on any atom is -0.493 e. The van der Waals surface area contributed by atoms with E-state index in [2.05, 4.69) is 15.5 Å². The number of rotatable bonds is 11. The Balaban J connectivity index is 2.37. The minimum atomic E-state index is -1.44. The lowest BCUT2D eigenvalue weighted by atomic mass is 10.2. The molecule has 1 atom stereocenters. The number of methoxy groups -OCH3 is 2. The second-order valence-corrected chi connectivity index (χ2v) is 7.31. The Morgan fingerprint density at radius 1 is 1.00 bits per heavy atom. The number of nitrogens with one attached hydrogen (secondary N) is 1. The second kappa shape index (κ2) is 12.3. The van der Waals surface area contributed by atoms with Crippen molar-refractivity contribution in [1.82, 2.24) is 0 Å². The van der Waals surface area contributed by atoms with Crippen LogP contribution < -0.4 is 24.3 Å². The Labute approximate surface area is 202 Å². The van der Waals surface area contributed by atoms with Crippen LogP contribution in [0.1, 0.15) is 20.8 Å². The molecule has 1 N–H and O–H groups in total. The SMILES string of the molecule is CCOc1ccc(NC(=O)C(N=Nc2cc(Cl)cc(OC)c2OC)C(C)=O)c(OCC)c1Cl. The number of amides is 1. The molecular weight excluding hydrogens is 473 g/mol. The van der Waals surface area contributed by atoms with E-state index in [1.54, 1.807) is 25.1 Å². The topological polar surface area (TPSA) is 108 Å². The summed E-state index contributed by atoms with van der Waals surface area (Å²) in [7, 11) is 2.86. The number of anilines is 1. The number of carbonyl (C=O) groups is 2. The Morgan fingerprint density at radius 2 is 1.70 bits per heavy atom. The number of ether oxygens (including phenoxy) is 4. The predicted molar refractivity (Wildman–Crippen MR) is 126 cm³/mol. The van der Waals surface area contributed by atoms with Crippen LogP contribution in [0.25, 0.3) is 0 Å². The number of hydrogen-bond acceptors (Lipinski definition) is 8. The van der Waals surface area contributed by atoms with E-state index < -0.39 is 17.7 Å². The van der Waals surface area contributed by atoms with Crippen LogP contribution in [-0.2, 0) is 9.59 Å². The molecule has 1 amide bonds. The van der Waals surface area contributed by atoms with Crippen LogP contribution in [0, 0.1) is 0 Å². The number of hydrogen-bond donors (Lipinski definition) is 1. The van der Waals surface area contributed by atoms with Gasteiger partial charge in [-0.25, -0.2) is 0 Å². The summed E-state index contributed by atoms with van der Waals surface area (Å²) in [4.78, 5) is 25.1. The molecule has 0 radical (unpaired) electrons. The first-order valence-corrected chi connectivity index (χ1v) is 10.7. The maximum absolute atomic E-state index is 12.9. The average Bonchev–Trinajstić information content (AvgIpc) is 2.77. The quantitative estimate of drug-likeness (QED) is 0.324. The van der Waals surface area contributed by atoms with Gasteiger partial charge >= 0.3 is 0 Å². The molecule has 0 saturated carbocycles. The first-order chi connectivity index (χ1) is 15.8. The lowest BCUT2D eigenvalue weighted by Gasteiger charge is -2.17. The van der Waals surface area contributed by atoms with Gasteiger partial charge in [-0.2, -0.15) is 10.2 Å². The molecule has 11 heteroatoms. The summed E-state index contributed by atoms with van der Waals surface area (Å²) in [6.07, 6.45) is 0. The molecular formula is C22H25Cl2N3O6. The highest BCUT2D eigenvalue weighted by Crippen LogP contribution is 2.41. The van der Waals surface area contributed by atoms with Gasteiger partial charge in [0, 0.05) is 11.1 Å². The highest BCUT2D eigenvalue weighted by molar-refractivity contribution is 6.34. The van der Waals surface area contributed by atoms with Crippen molar-refractivity contribution in [3.05, 3.63) is 34.3 Å². The third-order valence-electron chi connectivity index (χ3n) is 4.25. The standard InChI is InChI=1S/C22H25Cl2N3O6/c1-6-32-16-9-8-14(21(18(16)24)33-7-2)25-22(29)19(12(3)28)27-26-15-10-13(23)11-17(30-4)20(15)31-5/h8-11,19H,6-7H2,1-5H3,(H,25,29). The summed E-state index contributed by atoms with van der Waals surface area (Å²) < 4.78 is 21.6. The zero-order chi connectivity index (χ0) is 24.5. The molecule has 9 nitrogen and oxygen atoms in total. The van der Waals surface area contributed by atoms with Crippen molar-refractivity contribution in [2.24, 2.45) is 10.2 Å². The molecule has 0 fully saturated rings. The molecule has 2 aromatic carbocycles. The van der Waals surface area contributed by atoms with Crippen molar-refractivity contribution in [1.29, 1.82) is 0 Å². The van der Waals surface area contributed by atoms with Crippen LogP contribution in [0.5, 0.6) is 23.0 Å². The summed E-state index contributed by atoms with van der Waals surface area (Å²) in [5, 5.41) is 11.1. The molecule has 0 saturated heterocycles. The summed E-state index contributed by atoms with van der Waals surface area (Å²) in [5.74, 6) is -0.0394. The van der Waals surface area contributed by atoms with E-state index in [9.17, 15) is 9.59 Å². The van der Waals surface area contributed by atoms with Gasteiger partial charge in [-0.3, -0.25) is 9.59 Å². The number of Topliss-reactive ketones (excluding diaryl/α,β-unsaturated/α-hetero) is 1. The molecule has 0 aliphatic rings. The molecule has 2 rings (SSSR count). The predicted octanol–water partition coefficient (Wildman–Crippen LogP) is 5.49. The van der Waals surface area contributed by atoms with Crippen LogP contribution in [0.15, 0.2) is 34.5 Å². The summed E-state index contributed by atoms with van der Waals surface area (Å²) in [6.45, 7) is 5.52. The normalized spacial score (nSPS) is 11.7. The molecule has 1 unspecified atom stereocenters. The number of benzene rings is 2. The first kappa shape index (κ1) is 26.2. The van der Waals surface area contributed by atoms with Crippen LogP contribution in [0.3, 0.4) is 0 Å². The first-order valence-electron chi connectivity index (χ1n) is 9.99. The number of azo groups is 1. The van der Waals surface area contributed by atoms with Crippen molar-refractivity contribution in [3.63, 3.8) is 0 Å². The van der Waals surface area contributed by atoms with Crippen molar-refractivity contribution in [2.45, 2.75) is 26.8 Å². The van der Waals surface area contributed by atoms with Crippen molar-refractivity contribution in [3.8, 4) is 23.0 Å². The van der Waals surface area contributed by atoms with Crippen LogP contribution >= 0.6 is 23.2 Å². The van der Waals surface area contributed by atoms with Crippen molar-refractivity contribution >= 4 is 46.3 Å². The molecule has 33 heavy (non-hydrogen) atoms. The molecule has 0 heterocycles.